The summed E-state index contributed by atoms with van der Waals surface area (Å²) < 4.78 is 2.02. The summed E-state index contributed by atoms with van der Waals surface area (Å²) in [5.41, 5.74) is 3.75. The zero-order chi connectivity index (χ0) is 16.1. The van der Waals surface area contributed by atoms with Crippen molar-refractivity contribution in [3.63, 3.8) is 0 Å². The first-order valence-electron chi connectivity index (χ1n) is 8.81. The van der Waals surface area contributed by atoms with Gasteiger partial charge in [-0.3, -0.25) is 4.68 Å². The number of nitrogens with zero attached hydrogens (tertiary/aromatic N) is 5. The van der Waals surface area contributed by atoms with Crippen LogP contribution in [0.1, 0.15) is 42.3 Å². The fourth-order valence-electron chi connectivity index (χ4n) is 3.71. The number of aromatic nitrogens is 4. The second kappa shape index (κ2) is 5.30. The van der Waals surface area contributed by atoms with Gasteiger partial charge in [-0.1, -0.05) is 12.1 Å². The summed E-state index contributed by atoms with van der Waals surface area (Å²) in [5.74, 6) is 2.69. The first-order valence-corrected chi connectivity index (χ1v) is 8.81. The van der Waals surface area contributed by atoms with Crippen LogP contribution < -0.4 is 4.90 Å². The summed E-state index contributed by atoms with van der Waals surface area (Å²) in [6.07, 6.45) is 6.68. The molecule has 0 atom stereocenters. The Morgan fingerprint density at radius 2 is 2.00 bits per heavy atom. The molecule has 1 aliphatic carbocycles. The molecule has 0 bridgehead atoms. The van der Waals surface area contributed by atoms with Gasteiger partial charge in [0.05, 0.1) is 11.7 Å². The number of anilines is 1. The minimum absolute atomic E-state index is 0.564. The van der Waals surface area contributed by atoms with Gasteiger partial charge in [-0.15, -0.1) is 0 Å². The van der Waals surface area contributed by atoms with E-state index in [9.17, 15) is 0 Å². The van der Waals surface area contributed by atoms with Gasteiger partial charge in [-0.25, -0.2) is 9.97 Å². The largest absolute Gasteiger partial charge is 0.352 e. The van der Waals surface area contributed by atoms with Crippen LogP contribution in [0.4, 0.5) is 5.82 Å². The highest BCUT2D eigenvalue weighted by atomic mass is 15.3. The van der Waals surface area contributed by atoms with Gasteiger partial charge in [0.2, 0.25) is 0 Å². The fourth-order valence-corrected chi connectivity index (χ4v) is 3.71. The highest BCUT2D eigenvalue weighted by molar-refractivity contribution is 5.89. The summed E-state index contributed by atoms with van der Waals surface area (Å²) in [6, 6.07) is 8.41. The monoisotopic (exact) mass is 319 g/mol. The van der Waals surface area contributed by atoms with Crippen molar-refractivity contribution >= 4 is 16.7 Å². The van der Waals surface area contributed by atoms with Crippen LogP contribution in [0.15, 0.2) is 30.5 Å². The zero-order valence-corrected chi connectivity index (χ0v) is 13.9. The molecule has 0 N–H and O–H groups in total. The molecular weight excluding hydrogens is 298 g/mol. The quantitative estimate of drug-likeness (QED) is 0.728. The van der Waals surface area contributed by atoms with Crippen molar-refractivity contribution < 1.29 is 0 Å². The summed E-state index contributed by atoms with van der Waals surface area (Å²) in [4.78, 5) is 12.2. The number of rotatable bonds is 2. The molecule has 1 aromatic carbocycles. The predicted octanol–water partition coefficient (Wildman–Crippen LogP) is 3.19. The fraction of sp³-hybridized carbons (Fsp3) is 0.421. The Morgan fingerprint density at radius 1 is 1.12 bits per heavy atom. The van der Waals surface area contributed by atoms with Gasteiger partial charge >= 0.3 is 0 Å². The molecule has 24 heavy (non-hydrogen) atoms. The molecule has 0 amide bonds. The van der Waals surface area contributed by atoms with E-state index < -0.39 is 0 Å². The maximum Gasteiger partial charge on any atom is 0.140 e. The van der Waals surface area contributed by atoms with Gasteiger partial charge < -0.3 is 4.90 Å². The Labute approximate surface area is 141 Å². The van der Waals surface area contributed by atoms with E-state index in [0.29, 0.717) is 5.92 Å². The van der Waals surface area contributed by atoms with Gasteiger partial charge in [0, 0.05) is 42.7 Å². The standard InChI is InChI=1S/C19H21N5/c1-23-17-7-4-10-24(12-14(17)11-20-23)19-15-5-2-3-6-16(15)21-18(22-19)13-8-9-13/h2-3,5-6,11,13H,4,7-10,12H2,1H3. The van der Waals surface area contributed by atoms with E-state index in [1.165, 1.54) is 24.1 Å². The number of hydrogen-bond acceptors (Lipinski definition) is 4. The normalized spacial score (nSPS) is 17.8. The van der Waals surface area contributed by atoms with Crippen molar-refractivity contribution in [2.45, 2.75) is 38.1 Å². The van der Waals surface area contributed by atoms with E-state index in [1.807, 2.05) is 17.9 Å². The molecule has 5 nitrogen and oxygen atoms in total. The molecule has 3 heterocycles. The Kier molecular flexibility index (Phi) is 3.08. The lowest BCUT2D eigenvalue weighted by atomic mass is 10.2. The Bertz CT molecular complexity index is 909. The Balaban J connectivity index is 1.62. The number of para-hydroxylation sites is 1. The lowest BCUT2D eigenvalue weighted by Gasteiger charge is -2.23. The molecule has 3 aromatic rings. The maximum absolute atomic E-state index is 5.00. The van der Waals surface area contributed by atoms with E-state index in [0.717, 1.165) is 48.5 Å². The predicted molar refractivity (Wildman–Crippen MR) is 94.1 cm³/mol. The molecule has 2 aromatic heterocycles. The van der Waals surface area contributed by atoms with Gasteiger partial charge in [0.15, 0.2) is 0 Å². The summed E-state index contributed by atoms with van der Waals surface area (Å²) in [6.45, 7) is 1.91. The van der Waals surface area contributed by atoms with Crippen molar-refractivity contribution in [3.8, 4) is 0 Å². The summed E-state index contributed by atoms with van der Waals surface area (Å²) in [5, 5.41) is 5.60. The zero-order valence-electron chi connectivity index (χ0n) is 13.9. The van der Waals surface area contributed by atoms with Gasteiger partial charge in [-0.2, -0.15) is 5.10 Å². The third-order valence-corrected chi connectivity index (χ3v) is 5.19. The third kappa shape index (κ3) is 2.27. The van der Waals surface area contributed by atoms with E-state index in [2.05, 4.69) is 34.3 Å². The van der Waals surface area contributed by atoms with E-state index >= 15 is 0 Å². The van der Waals surface area contributed by atoms with Crippen molar-refractivity contribution in [3.05, 3.63) is 47.5 Å². The van der Waals surface area contributed by atoms with E-state index in [1.54, 1.807) is 0 Å². The first kappa shape index (κ1) is 14.0. The molecule has 0 unspecified atom stereocenters. The topological polar surface area (TPSA) is 46.8 Å². The van der Waals surface area contributed by atoms with Gasteiger partial charge in [0.1, 0.15) is 11.6 Å². The number of aryl methyl sites for hydroxylation is 1. The van der Waals surface area contributed by atoms with Gasteiger partial charge in [0.25, 0.3) is 0 Å². The highest BCUT2D eigenvalue weighted by Crippen LogP contribution is 2.40. The molecule has 0 radical (unpaired) electrons. The molecule has 5 heteroatoms. The average Bonchev–Trinajstić information content (AvgIpc) is 3.42. The summed E-state index contributed by atoms with van der Waals surface area (Å²) in [7, 11) is 2.04. The molecule has 122 valence electrons. The summed E-state index contributed by atoms with van der Waals surface area (Å²) >= 11 is 0. The maximum atomic E-state index is 5.00. The first-order chi connectivity index (χ1) is 11.8. The molecule has 2 aliphatic rings. The third-order valence-electron chi connectivity index (χ3n) is 5.19. The van der Waals surface area contributed by atoms with E-state index in [4.69, 9.17) is 9.97 Å². The molecule has 1 saturated carbocycles. The van der Waals surface area contributed by atoms with Crippen LogP contribution in [0.25, 0.3) is 10.9 Å². The molecule has 0 spiro atoms. The van der Waals surface area contributed by atoms with Crippen molar-refractivity contribution in [2.75, 3.05) is 11.4 Å². The number of benzene rings is 1. The van der Waals surface area contributed by atoms with Gasteiger partial charge in [-0.05, 0) is 37.8 Å². The van der Waals surface area contributed by atoms with Crippen LogP contribution in [0.5, 0.6) is 0 Å². The molecule has 5 rings (SSSR count). The Morgan fingerprint density at radius 3 is 2.88 bits per heavy atom. The minimum atomic E-state index is 0.564. The molecule has 1 aliphatic heterocycles. The minimum Gasteiger partial charge on any atom is -0.352 e. The lowest BCUT2D eigenvalue weighted by Crippen LogP contribution is -2.24. The second-order valence-corrected chi connectivity index (χ2v) is 6.96. The Hall–Kier alpha value is -2.43. The van der Waals surface area contributed by atoms with Crippen LogP contribution in [0.2, 0.25) is 0 Å². The van der Waals surface area contributed by atoms with Crippen molar-refractivity contribution in [1.29, 1.82) is 0 Å². The highest BCUT2D eigenvalue weighted by Gasteiger charge is 2.29. The number of fused-ring (bicyclic) bond motifs is 2. The smallest absolute Gasteiger partial charge is 0.140 e. The van der Waals surface area contributed by atoms with Crippen LogP contribution >= 0.6 is 0 Å². The van der Waals surface area contributed by atoms with Crippen LogP contribution in [-0.4, -0.2) is 26.3 Å². The molecule has 1 fully saturated rings. The number of hydrogen-bond donors (Lipinski definition) is 0. The van der Waals surface area contributed by atoms with Crippen LogP contribution in [0.3, 0.4) is 0 Å². The van der Waals surface area contributed by atoms with E-state index in [-0.39, 0.29) is 0 Å². The van der Waals surface area contributed by atoms with Crippen LogP contribution in [0, 0.1) is 0 Å². The molecule has 0 saturated heterocycles. The molecular formula is C19H21N5. The van der Waals surface area contributed by atoms with Crippen molar-refractivity contribution in [2.24, 2.45) is 7.05 Å². The lowest BCUT2D eigenvalue weighted by molar-refractivity contribution is 0.683. The van der Waals surface area contributed by atoms with Crippen LogP contribution in [-0.2, 0) is 20.0 Å². The SMILES string of the molecule is Cn1ncc2c1CCCN(c1nc(C3CC3)nc3ccccc13)C2. The van der Waals surface area contributed by atoms with Crippen molar-refractivity contribution in [1.82, 2.24) is 19.7 Å². The second-order valence-electron chi connectivity index (χ2n) is 6.96. The average molecular weight is 319 g/mol.